The van der Waals surface area contributed by atoms with Gasteiger partial charge in [-0.25, -0.2) is 9.97 Å². The van der Waals surface area contributed by atoms with E-state index in [4.69, 9.17) is 14.7 Å². The Kier molecular flexibility index (Phi) is 8.38. The van der Waals surface area contributed by atoms with Crippen LogP contribution in [-0.2, 0) is 5.41 Å². The van der Waals surface area contributed by atoms with Gasteiger partial charge in [-0.2, -0.15) is 0 Å². The quantitative estimate of drug-likeness (QED) is 0.165. The van der Waals surface area contributed by atoms with Crippen LogP contribution in [0.4, 0.5) is 0 Å². The van der Waals surface area contributed by atoms with Crippen molar-refractivity contribution in [2.45, 2.75) is 5.41 Å². The van der Waals surface area contributed by atoms with Gasteiger partial charge in [-0.15, -0.1) is 0 Å². The predicted octanol–water partition coefficient (Wildman–Crippen LogP) is 13.3. The van der Waals surface area contributed by atoms with E-state index in [1.807, 2.05) is 36.4 Å². The molecule has 3 nitrogen and oxygen atoms in total. The molecular weight excluding hydrogens is 681 g/mol. The van der Waals surface area contributed by atoms with Crippen molar-refractivity contribution in [3.05, 3.63) is 241 Å². The normalized spacial score (nSPS) is 12.6. The molecule has 0 N–H and O–H groups in total. The highest BCUT2D eigenvalue weighted by atomic mass is 16.5. The highest BCUT2D eigenvalue weighted by Gasteiger charge is 2.46. The Morgan fingerprint density at radius 2 is 0.732 bits per heavy atom. The number of para-hydroxylation sites is 2. The molecule has 0 saturated carbocycles. The fraction of sp³-hybridized carbons (Fsp3) is 0.0189. The van der Waals surface area contributed by atoms with E-state index >= 15 is 0 Å². The van der Waals surface area contributed by atoms with Gasteiger partial charge in [0.2, 0.25) is 0 Å². The van der Waals surface area contributed by atoms with Gasteiger partial charge in [0.15, 0.2) is 5.82 Å². The highest BCUT2D eigenvalue weighted by Crippen LogP contribution is 2.56. The molecule has 0 amide bonds. The number of nitrogens with zero attached hydrogens (tertiary/aromatic N) is 2. The van der Waals surface area contributed by atoms with Crippen molar-refractivity contribution in [1.29, 1.82) is 0 Å². The molecule has 1 aromatic heterocycles. The SMILES string of the molecule is c1ccc(-c2cc(-c3ccccc3)nc(-c3ccc(-c4ccc(-c5ccccc5C5(c6ccccc6)c6ccccc6Oc6ccccc65)cc4)cc3)n2)cc1. The minimum atomic E-state index is -0.599. The van der Waals surface area contributed by atoms with Crippen molar-refractivity contribution in [3.63, 3.8) is 0 Å². The summed E-state index contributed by atoms with van der Waals surface area (Å²) in [5.41, 5.74) is 13.5. The molecule has 3 heteroatoms. The van der Waals surface area contributed by atoms with Gasteiger partial charge in [-0.05, 0) is 51.6 Å². The van der Waals surface area contributed by atoms with E-state index in [0.29, 0.717) is 5.82 Å². The molecule has 0 unspecified atom stereocenters. The molecule has 1 aliphatic heterocycles. The Balaban J connectivity index is 1.04. The first kappa shape index (κ1) is 33.2. The molecule has 10 rings (SSSR count). The molecule has 8 aromatic carbocycles. The summed E-state index contributed by atoms with van der Waals surface area (Å²) >= 11 is 0. The Labute approximate surface area is 327 Å². The minimum absolute atomic E-state index is 0.599. The van der Waals surface area contributed by atoms with Crippen molar-refractivity contribution in [2.75, 3.05) is 0 Å². The van der Waals surface area contributed by atoms with Crippen molar-refractivity contribution < 1.29 is 4.74 Å². The summed E-state index contributed by atoms with van der Waals surface area (Å²) in [5, 5.41) is 0. The van der Waals surface area contributed by atoms with Crippen LogP contribution in [0.15, 0.2) is 218 Å². The molecule has 9 aromatic rings. The lowest BCUT2D eigenvalue weighted by Crippen LogP contribution is -2.34. The first-order valence-electron chi connectivity index (χ1n) is 19.0. The lowest BCUT2D eigenvalue weighted by atomic mass is 9.62. The molecule has 0 radical (unpaired) electrons. The molecule has 56 heavy (non-hydrogen) atoms. The predicted molar refractivity (Wildman–Crippen MR) is 228 cm³/mol. The monoisotopic (exact) mass is 716 g/mol. The molecule has 0 fully saturated rings. The molecule has 0 saturated heterocycles. The summed E-state index contributed by atoms with van der Waals surface area (Å²) in [7, 11) is 0. The molecule has 0 aliphatic carbocycles. The molecular formula is C53H36N2O. The lowest BCUT2D eigenvalue weighted by Gasteiger charge is -2.42. The number of hydrogen-bond acceptors (Lipinski definition) is 3. The second kappa shape index (κ2) is 14.1. The summed E-state index contributed by atoms with van der Waals surface area (Å²) in [6.07, 6.45) is 0. The zero-order valence-corrected chi connectivity index (χ0v) is 30.6. The van der Waals surface area contributed by atoms with Crippen LogP contribution in [0.25, 0.3) is 56.2 Å². The molecule has 264 valence electrons. The van der Waals surface area contributed by atoms with Crippen molar-refractivity contribution in [2.24, 2.45) is 0 Å². The maximum atomic E-state index is 6.57. The highest BCUT2D eigenvalue weighted by molar-refractivity contribution is 5.80. The third-order valence-corrected chi connectivity index (χ3v) is 10.9. The van der Waals surface area contributed by atoms with Gasteiger partial charge in [0.25, 0.3) is 0 Å². The number of aromatic nitrogens is 2. The van der Waals surface area contributed by atoms with Gasteiger partial charge >= 0.3 is 0 Å². The van der Waals surface area contributed by atoms with Gasteiger partial charge in [0.1, 0.15) is 11.5 Å². The van der Waals surface area contributed by atoms with Crippen molar-refractivity contribution in [3.8, 4) is 67.7 Å². The zero-order chi connectivity index (χ0) is 37.3. The molecule has 1 aliphatic rings. The van der Waals surface area contributed by atoms with E-state index in [2.05, 4.69) is 182 Å². The third-order valence-electron chi connectivity index (χ3n) is 10.9. The number of rotatable bonds is 7. The average molecular weight is 717 g/mol. The number of ether oxygens (including phenoxy) is 1. The Morgan fingerprint density at radius 1 is 0.321 bits per heavy atom. The van der Waals surface area contributed by atoms with Gasteiger partial charge in [0.05, 0.1) is 16.8 Å². The zero-order valence-electron chi connectivity index (χ0n) is 30.6. The molecule has 0 spiro atoms. The maximum absolute atomic E-state index is 6.57. The first-order chi connectivity index (χ1) is 27.8. The van der Waals surface area contributed by atoms with E-state index in [9.17, 15) is 0 Å². The maximum Gasteiger partial charge on any atom is 0.160 e. The Hall–Kier alpha value is -7.36. The van der Waals surface area contributed by atoms with E-state index in [0.717, 1.165) is 67.4 Å². The van der Waals surface area contributed by atoms with E-state index < -0.39 is 5.41 Å². The summed E-state index contributed by atoms with van der Waals surface area (Å²) in [6.45, 7) is 0. The van der Waals surface area contributed by atoms with Crippen LogP contribution in [0.2, 0.25) is 0 Å². The molecule has 2 heterocycles. The Bertz CT molecular complexity index is 2690. The lowest BCUT2D eigenvalue weighted by molar-refractivity contribution is 0.434. The largest absolute Gasteiger partial charge is 0.457 e. The van der Waals surface area contributed by atoms with E-state index in [-0.39, 0.29) is 0 Å². The summed E-state index contributed by atoms with van der Waals surface area (Å²) in [5.74, 6) is 2.45. The second-order valence-electron chi connectivity index (χ2n) is 14.1. The van der Waals surface area contributed by atoms with Gasteiger partial charge in [-0.3, -0.25) is 0 Å². The number of hydrogen-bond donors (Lipinski definition) is 0. The standard InChI is InChI=1S/C53H36N2O/c1-4-16-40(17-5-1)48-36-49(41-18-6-2-7-19-41)55-52(54-48)42-34-30-38(31-35-42)37-28-32-39(33-29-37)44-22-10-11-23-45(44)53(43-20-8-3-9-21-43)46-24-12-14-26-50(46)56-51-27-15-13-25-47(51)53/h1-36H. The number of fused-ring (bicyclic) bond motifs is 2. The van der Waals surface area contributed by atoms with Crippen LogP contribution in [0.3, 0.4) is 0 Å². The van der Waals surface area contributed by atoms with Crippen molar-refractivity contribution >= 4 is 0 Å². The van der Waals surface area contributed by atoms with Crippen LogP contribution in [-0.4, -0.2) is 9.97 Å². The average Bonchev–Trinajstić information content (AvgIpc) is 3.29. The summed E-state index contributed by atoms with van der Waals surface area (Å²) in [4.78, 5) is 10.1. The van der Waals surface area contributed by atoms with Gasteiger partial charge in [-0.1, -0.05) is 200 Å². The third kappa shape index (κ3) is 5.78. The summed E-state index contributed by atoms with van der Waals surface area (Å²) < 4.78 is 6.57. The van der Waals surface area contributed by atoms with Crippen LogP contribution in [0.1, 0.15) is 22.3 Å². The number of benzene rings is 8. The molecule has 0 atom stereocenters. The van der Waals surface area contributed by atoms with E-state index in [1.165, 1.54) is 16.7 Å². The first-order valence-corrected chi connectivity index (χ1v) is 19.0. The fourth-order valence-electron chi connectivity index (χ4n) is 8.25. The van der Waals surface area contributed by atoms with Crippen LogP contribution >= 0.6 is 0 Å². The van der Waals surface area contributed by atoms with Crippen LogP contribution < -0.4 is 4.74 Å². The van der Waals surface area contributed by atoms with Gasteiger partial charge in [0, 0.05) is 27.8 Å². The van der Waals surface area contributed by atoms with Crippen LogP contribution in [0, 0.1) is 0 Å². The molecule has 0 bridgehead atoms. The smallest absolute Gasteiger partial charge is 0.160 e. The van der Waals surface area contributed by atoms with Crippen molar-refractivity contribution in [1.82, 2.24) is 9.97 Å². The topological polar surface area (TPSA) is 35.0 Å². The van der Waals surface area contributed by atoms with E-state index in [1.54, 1.807) is 0 Å². The second-order valence-corrected chi connectivity index (χ2v) is 14.1. The van der Waals surface area contributed by atoms with Gasteiger partial charge < -0.3 is 4.74 Å². The minimum Gasteiger partial charge on any atom is -0.457 e. The van der Waals surface area contributed by atoms with Crippen LogP contribution in [0.5, 0.6) is 11.5 Å². The fourth-order valence-corrected chi connectivity index (χ4v) is 8.25. The Morgan fingerprint density at radius 3 is 1.27 bits per heavy atom. The summed E-state index contributed by atoms with van der Waals surface area (Å²) in [6, 6.07) is 76.8.